The summed E-state index contributed by atoms with van der Waals surface area (Å²) in [6.45, 7) is 5.46. The number of aromatic nitrogens is 1. The minimum absolute atomic E-state index is 0.0636. The summed E-state index contributed by atoms with van der Waals surface area (Å²) < 4.78 is 0. The molecule has 0 bridgehead atoms. The van der Waals surface area contributed by atoms with E-state index in [1.807, 2.05) is 19.1 Å². The Hall–Kier alpha value is -1.68. The molecule has 0 radical (unpaired) electrons. The second-order valence-electron chi connectivity index (χ2n) is 3.64. The Balaban J connectivity index is 2.55. The normalized spacial score (nSPS) is 13.9. The molecule has 1 amide bonds. The molecular formula is C12H17N3O. The van der Waals surface area contributed by atoms with Crippen LogP contribution in [0.5, 0.6) is 0 Å². The van der Waals surface area contributed by atoms with Crippen LogP contribution < -0.4 is 11.1 Å². The van der Waals surface area contributed by atoms with Gasteiger partial charge in [0.15, 0.2) is 0 Å². The maximum absolute atomic E-state index is 11.6. The monoisotopic (exact) mass is 219 g/mol. The zero-order chi connectivity index (χ0) is 12.0. The van der Waals surface area contributed by atoms with Crippen molar-refractivity contribution in [2.45, 2.75) is 25.4 Å². The Kier molecular flexibility index (Phi) is 4.66. The lowest BCUT2D eigenvalue weighted by Gasteiger charge is -2.16. The fourth-order valence-corrected chi connectivity index (χ4v) is 1.34. The molecule has 86 valence electrons. The van der Waals surface area contributed by atoms with Crippen molar-refractivity contribution in [3.63, 3.8) is 0 Å². The van der Waals surface area contributed by atoms with Gasteiger partial charge in [-0.1, -0.05) is 6.08 Å². The van der Waals surface area contributed by atoms with Gasteiger partial charge in [-0.05, 0) is 31.0 Å². The molecule has 1 aromatic rings. The molecule has 3 N–H and O–H groups in total. The van der Waals surface area contributed by atoms with Gasteiger partial charge in [0.2, 0.25) is 5.91 Å². The standard InChI is InChI=1S/C12H17N3O/c1-3-4-11(13)12(16)15-9(2)10-5-7-14-8-6-10/h3,5-9,11H,1,4,13H2,2H3,(H,15,16)/t9-,11?/m1/s1. The fraction of sp³-hybridized carbons (Fsp3) is 0.333. The highest BCUT2D eigenvalue weighted by Gasteiger charge is 2.14. The van der Waals surface area contributed by atoms with Crippen molar-refractivity contribution in [1.82, 2.24) is 10.3 Å². The molecule has 0 aliphatic carbocycles. The molecule has 4 nitrogen and oxygen atoms in total. The van der Waals surface area contributed by atoms with Crippen molar-refractivity contribution in [2.75, 3.05) is 0 Å². The van der Waals surface area contributed by atoms with Gasteiger partial charge < -0.3 is 11.1 Å². The molecule has 0 spiro atoms. The molecule has 1 heterocycles. The Bertz CT molecular complexity index is 351. The number of hydrogen-bond acceptors (Lipinski definition) is 3. The van der Waals surface area contributed by atoms with Crippen LogP contribution in [0.4, 0.5) is 0 Å². The molecule has 0 aliphatic heterocycles. The van der Waals surface area contributed by atoms with Gasteiger partial charge in [0, 0.05) is 12.4 Å². The predicted molar refractivity (Wildman–Crippen MR) is 63.6 cm³/mol. The number of nitrogens with zero attached hydrogens (tertiary/aromatic N) is 1. The largest absolute Gasteiger partial charge is 0.348 e. The van der Waals surface area contributed by atoms with Crippen molar-refractivity contribution in [3.8, 4) is 0 Å². The summed E-state index contributed by atoms with van der Waals surface area (Å²) in [7, 11) is 0. The highest BCUT2D eigenvalue weighted by Crippen LogP contribution is 2.10. The van der Waals surface area contributed by atoms with Crippen molar-refractivity contribution >= 4 is 5.91 Å². The van der Waals surface area contributed by atoms with Gasteiger partial charge in [0.25, 0.3) is 0 Å². The number of rotatable bonds is 5. The number of pyridine rings is 1. The quantitative estimate of drug-likeness (QED) is 0.730. The summed E-state index contributed by atoms with van der Waals surface area (Å²) in [5.41, 5.74) is 6.67. The number of nitrogens with one attached hydrogen (secondary N) is 1. The van der Waals surface area contributed by atoms with Crippen LogP contribution in [0.15, 0.2) is 37.2 Å². The first-order chi connectivity index (χ1) is 7.65. The van der Waals surface area contributed by atoms with Crippen LogP contribution in [0, 0.1) is 0 Å². The fourth-order valence-electron chi connectivity index (χ4n) is 1.34. The van der Waals surface area contributed by atoms with E-state index in [2.05, 4.69) is 16.9 Å². The number of hydrogen-bond donors (Lipinski definition) is 2. The van der Waals surface area contributed by atoms with Gasteiger partial charge in [-0.2, -0.15) is 0 Å². The van der Waals surface area contributed by atoms with E-state index in [-0.39, 0.29) is 11.9 Å². The minimum atomic E-state index is -0.526. The highest BCUT2D eigenvalue weighted by atomic mass is 16.2. The van der Waals surface area contributed by atoms with E-state index in [9.17, 15) is 4.79 Å². The van der Waals surface area contributed by atoms with E-state index < -0.39 is 6.04 Å². The van der Waals surface area contributed by atoms with Gasteiger partial charge in [-0.3, -0.25) is 9.78 Å². The summed E-state index contributed by atoms with van der Waals surface area (Å²) in [5, 5.41) is 2.84. The maximum atomic E-state index is 11.6. The lowest BCUT2D eigenvalue weighted by molar-refractivity contribution is -0.122. The smallest absolute Gasteiger partial charge is 0.237 e. The summed E-state index contributed by atoms with van der Waals surface area (Å²) in [6.07, 6.45) is 5.51. The maximum Gasteiger partial charge on any atom is 0.237 e. The minimum Gasteiger partial charge on any atom is -0.348 e. The number of carbonyl (C=O) groups excluding carboxylic acids is 1. The average molecular weight is 219 g/mol. The molecule has 0 saturated carbocycles. The molecule has 1 unspecified atom stereocenters. The summed E-state index contributed by atoms with van der Waals surface area (Å²) in [6, 6.07) is 3.14. The number of nitrogens with two attached hydrogens (primary N) is 1. The molecule has 0 fully saturated rings. The van der Waals surface area contributed by atoms with Crippen LogP contribution in [0.1, 0.15) is 24.9 Å². The van der Waals surface area contributed by atoms with E-state index in [1.54, 1.807) is 18.5 Å². The number of amides is 1. The van der Waals surface area contributed by atoms with Gasteiger partial charge in [-0.25, -0.2) is 0 Å². The number of carbonyl (C=O) groups is 1. The Morgan fingerprint density at radius 2 is 2.25 bits per heavy atom. The third kappa shape index (κ3) is 3.47. The molecule has 16 heavy (non-hydrogen) atoms. The third-order valence-corrected chi connectivity index (χ3v) is 2.32. The van der Waals surface area contributed by atoms with E-state index in [1.165, 1.54) is 0 Å². The summed E-state index contributed by atoms with van der Waals surface area (Å²) in [4.78, 5) is 15.5. The third-order valence-electron chi connectivity index (χ3n) is 2.32. The van der Waals surface area contributed by atoms with E-state index in [4.69, 9.17) is 5.73 Å². The van der Waals surface area contributed by atoms with Crippen LogP contribution in [0.25, 0.3) is 0 Å². The molecular weight excluding hydrogens is 202 g/mol. The first-order valence-electron chi connectivity index (χ1n) is 5.22. The molecule has 1 aromatic heterocycles. The van der Waals surface area contributed by atoms with Gasteiger partial charge in [-0.15, -0.1) is 6.58 Å². The predicted octanol–water partition coefficient (Wildman–Crippen LogP) is 1.16. The Morgan fingerprint density at radius 1 is 1.62 bits per heavy atom. The van der Waals surface area contributed by atoms with Crippen molar-refractivity contribution < 1.29 is 4.79 Å². The first-order valence-corrected chi connectivity index (χ1v) is 5.22. The van der Waals surface area contributed by atoms with E-state index in [0.29, 0.717) is 6.42 Å². The zero-order valence-electron chi connectivity index (χ0n) is 9.39. The van der Waals surface area contributed by atoms with Gasteiger partial charge in [0.05, 0.1) is 12.1 Å². The van der Waals surface area contributed by atoms with E-state index in [0.717, 1.165) is 5.56 Å². The summed E-state index contributed by atoms with van der Waals surface area (Å²) >= 11 is 0. The lowest BCUT2D eigenvalue weighted by atomic mass is 10.1. The molecule has 0 saturated heterocycles. The Morgan fingerprint density at radius 3 is 2.81 bits per heavy atom. The second kappa shape index (κ2) is 6.02. The van der Waals surface area contributed by atoms with E-state index >= 15 is 0 Å². The topological polar surface area (TPSA) is 68.0 Å². The van der Waals surface area contributed by atoms with Crippen LogP contribution in [-0.4, -0.2) is 16.9 Å². The van der Waals surface area contributed by atoms with Crippen molar-refractivity contribution in [1.29, 1.82) is 0 Å². The average Bonchev–Trinajstić information content (AvgIpc) is 2.30. The van der Waals surface area contributed by atoms with Crippen LogP contribution in [0.2, 0.25) is 0 Å². The molecule has 0 aromatic carbocycles. The molecule has 1 rings (SSSR count). The zero-order valence-corrected chi connectivity index (χ0v) is 9.39. The van der Waals surface area contributed by atoms with Crippen molar-refractivity contribution in [3.05, 3.63) is 42.7 Å². The molecule has 0 aliphatic rings. The lowest BCUT2D eigenvalue weighted by Crippen LogP contribution is -2.41. The first kappa shape index (κ1) is 12.4. The van der Waals surface area contributed by atoms with Crippen LogP contribution >= 0.6 is 0 Å². The highest BCUT2D eigenvalue weighted by molar-refractivity contribution is 5.82. The SMILES string of the molecule is C=CCC(N)C(=O)N[C@H](C)c1ccncc1. The van der Waals surface area contributed by atoms with Crippen LogP contribution in [0.3, 0.4) is 0 Å². The Labute approximate surface area is 95.6 Å². The van der Waals surface area contributed by atoms with Crippen LogP contribution in [-0.2, 0) is 4.79 Å². The van der Waals surface area contributed by atoms with Gasteiger partial charge >= 0.3 is 0 Å². The molecule has 2 atom stereocenters. The second-order valence-corrected chi connectivity index (χ2v) is 3.64. The summed E-state index contributed by atoms with van der Waals surface area (Å²) in [5.74, 6) is -0.163. The van der Waals surface area contributed by atoms with Gasteiger partial charge in [0.1, 0.15) is 0 Å². The van der Waals surface area contributed by atoms with Crippen molar-refractivity contribution in [2.24, 2.45) is 5.73 Å². The molecule has 4 heteroatoms.